The molecule has 0 spiro atoms. The Morgan fingerprint density at radius 3 is 2.80 bits per heavy atom. The van der Waals surface area contributed by atoms with E-state index in [1.807, 2.05) is 35.7 Å². The van der Waals surface area contributed by atoms with Crippen molar-refractivity contribution in [1.82, 2.24) is 0 Å². The van der Waals surface area contributed by atoms with Crippen LogP contribution in [0.25, 0.3) is 0 Å². The SMILES string of the molecule is Cc1occc1C(=O)Nc1cccc(C2SCCS2)c1. The number of benzene rings is 1. The number of carbonyl (C=O) groups excluding carboxylic acids is 1. The van der Waals surface area contributed by atoms with Crippen molar-refractivity contribution in [2.45, 2.75) is 11.5 Å². The lowest BCUT2D eigenvalue weighted by Gasteiger charge is -2.11. The van der Waals surface area contributed by atoms with E-state index >= 15 is 0 Å². The minimum atomic E-state index is -0.125. The van der Waals surface area contributed by atoms with Gasteiger partial charge in [-0.2, -0.15) is 0 Å². The van der Waals surface area contributed by atoms with Crippen LogP contribution in [0.1, 0.15) is 26.3 Å². The topological polar surface area (TPSA) is 42.2 Å². The highest BCUT2D eigenvalue weighted by Crippen LogP contribution is 2.45. The Hall–Kier alpha value is -1.33. The number of anilines is 1. The van der Waals surface area contributed by atoms with Gasteiger partial charge in [0, 0.05) is 17.2 Å². The second-order valence-electron chi connectivity index (χ2n) is 4.54. The van der Waals surface area contributed by atoms with Crippen LogP contribution in [0.2, 0.25) is 0 Å². The van der Waals surface area contributed by atoms with Crippen LogP contribution in [0.15, 0.2) is 41.0 Å². The molecule has 1 aromatic heterocycles. The van der Waals surface area contributed by atoms with Crippen LogP contribution < -0.4 is 5.32 Å². The molecule has 1 aliphatic rings. The fourth-order valence-electron chi connectivity index (χ4n) is 2.13. The molecule has 0 aliphatic carbocycles. The van der Waals surface area contributed by atoms with Gasteiger partial charge in [0.2, 0.25) is 0 Å². The molecule has 1 fully saturated rings. The van der Waals surface area contributed by atoms with E-state index in [9.17, 15) is 4.79 Å². The molecule has 2 aromatic rings. The van der Waals surface area contributed by atoms with Crippen molar-refractivity contribution in [2.24, 2.45) is 0 Å². The summed E-state index contributed by atoms with van der Waals surface area (Å²) in [5, 5.41) is 2.93. The highest BCUT2D eigenvalue weighted by atomic mass is 32.2. The molecule has 1 aliphatic heterocycles. The fourth-order valence-corrected chi connectivity index (χ4v) is 4.97. The number of aryl methyl sites for hydroxylation is 1. The second-order valence-corrected chi connectivity index (χ2v) is 7.27. The van der Waals surface area contributed by atoms with E-state index < -0.39 is 0 Å². The Labute approximate surface area is 126 Å². The average molecular weight is 305 g/mol. The Morgan fingerprint density at radius 2 is 2.10 bits per heavy atom. The van der Waals surface area contributed by atoms with E-state index in [1.54, 1.807) is 13.0 Å². The third-order valence-electron chi connectivity index (χ3n) is 3.14. The predicted octanol–water partition coefficient (Wildman–Crippen LogP) is 4.32. The number of nitrogens with one attached hydrogen (secondary N) is 1. The van der Waals surface area contributed by atoms with Crippen molar-refractivity contribution >= 4 is 35.1 Å². The van der Waals surface area contributed by atoms with Gasteiger partial charge in [0.1, 0.15) is 5.76 Å². The zero-order valence-electron chi connectivity index (χ0n) is 11.1. The molecule has 20 heavy (non-hydrogen) atoms. The molecule has 1 N–H and O–H groups in total. The molecule has 0 unspecified atom stereocenters. The van der Waals surface area contributed by atoms with Crippen LogP contribution in [0.5, 0.6) is 0 Å². The normalized spacial score (nSPS) is 15.4. The number of amides is 1. The largest absolute Gasteiger partial charge is 0.469 e. The molecule has 0 bridgehead atoms. The predicted molar refractivity (Wildman–Crippen MR) is 85.5 cm³/mol. The van der Waals surface area contributed by atoms with Gasteiger partial charge in [-0.25, -0.2) is 0 Å². The number of furan rings is 1. The van der Waals surface area contributed by atoms with Crippen molar-refractivity contribution in [3.05, 3.63) is 53.5 Å². The highest BCUT2D eigenvalue weighted by molar-refractivity contribution is 8.19. The van der Waals surface area contributed by atoms with Crippen molar-refractivity contribution in [2.75, 3.05) is 16.8 Å². The molecule has 3 rings (SSSR count). The van der Waals surface area contributed by atoms with E-state index in [-0.39, 0.29) is 5.91 Å². The van der Waals surface area contributed by atoms with Gasteiger partial charge >= 0.3 is 0 Å². The van der Waals surface area contributed by atoms with Crippen molar-refractivity contribution < 1.29 is 9.21 Å². The van der Waals surface area contributed by atoms with Crippen LogP contribution in [-0.4, -0.2) is 17.4 Å². The first-order valence-electron chi connectivity index (χ1n) is 6.42. The van der Waals surface area contributed by atoms with Crippen molar-refractivity contribution in [1.29, 1.82) is 0 Å². The summed E-state index contributed by atoms with van der Waals surface area (Å²) in [6.07, 6.45) is 1.53. The molecule has 0 atom stereocenters. The van der Waals surface area contributed by atoms with E-state index in [0.717, 1.165) is 5.69 Å². The molecule has 0 radical (unpaired) electrons. The van der Waals surface area contributed by atoms with Gasteiger partial charge in [0.05, 0.1) is 16.4 Å². The molecule has 2 heterocycles. The lowest BCUT2D eigenvalue weighted by molar-refractivity contribution is 0.102. The second kappa shape index (κ2) is 5.97. The van der Waals surface area contributed by atoms with Crippen LogP contribution in [0.4, 0.5) is 5.69 Å². The Bertz CT molecular complexity index is 618. The van der Waals surface area contributed by atoms with Crippen LogP contribution >= 0.6 is 23.5 Å². The molecular formula is C15H15NO2S2. The summed E-state index contributed by atoms with van der Waals surface area (Å²) in [7, 11) is 0. The van der Waals surface area contributed by atoms with Crippen LogP contribution in [0, 0.1) is 6.92 Å². The summed E-state index contributed by atoms with van der Waals surface area (Å²) in [6.45, 7) is 1.79. The quantitative estimate of drug-likeness (QED) is 0.917. The highest BCUT2D eigenvalue weighted by Gasteiger charge is 2.19. The summed E-state index contributed by atoms with van der Waals surface area (Å²) >= 11 is 3.92. The smallest absolute Gasteiger partial charge is 0.259 e. The van der Waals surface area contributed by atoms with Gasteiger partial charge in [-0.1, -0.05) is 12.1 Å². The average Bonchev–Trinajstić information content (AvgIpc) is 3.09. The summed E-state index contributed by atoms with van der Waals surface area (Å²) in [6, 6.07) is 9.78. The van der Waals surface area contributed by atoms with Crippen molar-refractivity contribution in [3.63, 3.8) is 0 Å². The zero-order valence-corrected chi connectivity index (χ0v) is 12.7. The number of rotatable bonds is 3. The van der Waals surface area contributed by atoms with Gasteiger partial charge in [0.15, 0.2) is 0 Å². The summed E-state index contributed by atoms with van der Waals surface area (Å²) in [5.74, 6) is 2.90. The van der Waals surface area contributed by atoms with E-state index in [2.05, 4.69) is 17.4 Å². The van der Waals surface area contributed by atoms with Crippen LogP contribution in [-0.2, 0) is 0 Å². The minimum absolute atomic E-state index is 0.125. The molecular weight excluding hydrogens is 290 g/mol. The third kappa shape index (κ3) is 2.88. The number of hydrogen-bond acceptors (Lipinski definition) is 4. The Morgan fingerprint density at radius 1 is 1.30 bits per heavy atom. The maximum atomic E-state index is 12.1. The summed E-state index contributed by atoms with van der Waals surface area (Å²) in [4.78, 5) is 12.1. The fraction of sp³-hybridized carbons (Fsp3) is 0.267. The van der Waals surface area contributed by atoms with Gasteiger partial charge in [-0.15, -0.1) is 23.5 Å². The lowest BCUT2D eigenvalue weighted by Crippen LogP contribution is -2.12. The first kappa shape index (κ1) is 13.6. The molecule has 104 valence electrons. The van der Waals surface area contributed by atoms with Gasteiger partial charge in [0.25, 0.3) is 5.91 Å². The van der Waals surface area contributed by atoms with Crippen molar-refractivity contribution in [3.8, 4) is 0 Å². The summed E-state index contributed by atoms with van der Waals surface area (Å²) in [5.41, 5.74) is 2.68. The molecule has 0 saturated carbocycles. The van der Waals surface area contributed by atoms with E-state index in [0.29, 0.717) is 15.9 Å². The molecule has 3 nitrogen and oxygen atoms in total. The van der Waals surface area contributed by atoms with Gasteiger partial charge in [-0.3, -0.25) is 4.79 Å². The first-order valence-corrected chi connectivity index (χ1v) is 8.52. The first-order chi connectivity index (χ1) is 9.74. The van der Waals surface area contributed by atoms with E-state index in [1.165, 1.54) is 23.3 Å². The van der Waals surface area contributed by atoms with Gasteiger partial charge < -0.3 is 9.73 Å². The number of carbonyl (C=O) groups is 1. The molecule has 1 aromatic carbocycles. The lowest BCUT2D eigenvalue weighted by atomic mass is 10.2. The van der Waals surface area contributed by atoms with Crippen LogP contribution in [0.3, 0.4) is 0 Å². The maximum absolute atomic E-state index is 12.1. The van der Waals surface area contributed by atoms with E-state index in [4.69, 9.17) is 4.42 Å². The van der Waals surface area contributed by atoms with Gasteiger partial charge in [-0.05, 0) is 30.7 Å². The third-order valence-corrected chi connectivity index (χ3v) is 6.25. The maximum Gasteiger partial charge on any atom is 0.259 e. The standard InChI is InChI=1S/C15H15NO2S2/c1-10-13(5-6-18-10)14(17)16-12-4-2-3-11(9-12)15-19-7-8-20-15/h2-6,9,15H,7-8H2,1H3,(H,16,17). The monoisotopic (exact) mass is 305 g/mol. The minimum Gasteiger partial charge on any atom is -0.469 e. The zero-order chi connectivity index (χ0) is 13.9. The molecule has 1 saturated heterocycles. The number of hydrogen-bond donors (Lipinski definition) is 1. The number of thioether (sulfide) groups is 2. The summed E-state index contributed by atoms with van der Waals surface area (Å²) < 4.78 is 5.65. The Balaban J connectivity index is 1.76. The Kier molecular flexibility index (Phi) is 4.08. The molecule has 5 heteroatoms. The molecule has 1 amide bonds.